The van der Waals surface area contributed by atoms with Gasteiger partial charge in [-0.2, -0.15) is 0 Å². The fraction of sp³-hybridized carbons (Fsp3) is 0.455. The predicted octanol–water partition coefficient (Wildman–Crippen LogP) is 1.43. The van der Waals surface area contributed by atoms with Crippen molar-refractivity contribution in [2.24, 2.45) is 0 Å². The van der Waals surface area contributed by atoms with Crippen molar-refractivity contribution in [3.05, 3.63) is 24.0 Å². The Labute approximate surface area is 99.7 Å². The van der Waals surface area contributed by atoms with Gasteiger partial charge in [0.05, 0.1) is 24.3 Å². The fourth-order valence-corrected chi connectivity index (χ4v) is 3.54. The molecule has 94 valence electrons. The molecule has 1 N–H and O–H groups in total. The Morgan fingerprint density at radius 3 is 2.76 bits per heavy atom. The van der Waals surface area contributed by atoms with Gasteiger partial charge in [0.25, 0.3) is 0 Å². The van der Waals surface area contributed by atoms with E-state index in [1.54, 1.807) is 12.1 Å². The second-order valence-electron chi connectivity index (χ2n) is 4.09. The molecule has 0 bridgehead atoms. The molecule has 1 aliphatic heterocycles. The average molecular weight is 259 g/mol. The molecule has 1 heterocycles. The molecule has 0 aromatic heterocycles. The van der Waals surface area contributed by atoms with Crippen molar-refractivity contribution in [1.29, 1.82) is 0 Å². The van der Waals surface area contributed by atoms with Crippen LogP contribution in [0.5, 0.6) is 5.75 Å². The van der Waals surface area contributed by atoms with Crippen LogP contribution >= 0.6 is 0 Å². The molecule has 0 radical (unpaired) electrons. The van der Waals surface area contributed by atoms with E-state index in [1.807, 2.05) is 0 Å². The van der Waals surface area contributed by atoms with Crippen LogP contribution in [0.4, 0.5) is 10.1 Å². The number of benzene rings is 1. The topological polar surface area (TPSA) is 55.4 Å². The van der Waals surface area contributed by atoms with Gasteiger partial charge in [-0.05, 0) is 18.6 Å². The maximum Gasteiger partial charge on any atom is 0.152 e. The number of anilines is 1. The van der Waals surface area contributed by atoms with E-state index in [2.05, 4.69) is 5.32 Å². The first kappa shape index (κ1) is 12.2. The van der Waals surface area contributed by atoms with Gasteiger partial charge in [0.2, 0.25) is 0 Å². The average Bonchev–Trinajstić information content (AvgIpc) is 2.61. The molecule has 2 rings (SSSR count). The molecule has 1 atom stereocenters. The number of halogens is 1. The van der Waals surface area contributed by atoms with E-state index in [9.17, 15) is 12.8 Å². The molecule has 0 aliphatic carbocycles. The highest BCUT2D eigenvalue weighted by molar-refractivity contribution is 7.91. The van der Waals surface area contributed by atoms with Gasteiger partial charge in [0.1, 0.15) is 11.6 Å². The highest BCUT2D eigenvalue weighted by Gasteiger charge is 2.28. The van der Waals surface area contributed by atoms with Crippen LogP contribution < -0.4 is 10.1 Å². The maximum absolute atomic E-state index is 13.6. The van der Waals surface area contributed by atoms with Crippen LogP contribution in [-0.2, 0) is 9.84 Å². The van der Waals surface area contributed by atoms with Crippen molar-refractivity contribution in [3.8, 4) is 5.75 Å². The molecular weight excluding hydrogens is 245 g/mol. The van der Waals surface area contributed by atoms with Crippen molar-refractivity contribution in [2.45, 2.75) is 12.5 Å². The summed E-state index contributed by atoms with van der Waals surface area (Å²) in [6, 6.07) is 4.25. The van der Waals surface area contributed by atoms with Gasteiger partial charge in [-0.25, -0.2) is 12.8 Å². The first-order valence-corrected chi connectivity index (χ1v) is 7.13. The summed E-state index contributed by atoms with van der Waals surface area (Å²) in [5, 5.41) is 2.91. The maximum atomic E-state index is 13.6. The molecule has 4 nitrogen and oxygen atoms in total. The number of nitrogens with one attached hydrogen (secondary N) is 1. The smallest absolute Gasteiger partial charge is 0.152 e. The van der Waals surface area contributed by atoms with Crippen LogP contribution in [0.15, 0.2) is 18.2 Å². The molecule has 0 saturated carbocycles. The van der Waals surface area contributed by atoms with Gasteiger partial charge in [-0.15, -0.1) is 0 Å². The summed E-state index contributed by atoms with van der Waals surface area (Å²) >= 11 is 0. The zero-order chi connectivity index (χ0) is 12.5. The van der Waals surface area contributed by atoms with Crippen LogP contribution in [0.2, 0.25) is 0 Å². The van der Waals surface area contributed by atoms with Gasteiger partial charge in [0, 0.05) is 12.1 Å². The molecule has 1 aromatic carbocycles. The van der Waals surface area contributed by atoms with Crippen LogP contribution in [0.3, 0.4) is 0 Å². The summed E-state index contributed by atoms with van der Waals surface area (Å²) in [6.07, 6.45) is 0.522. The van der Waals surface area contributed by atoms with E-state index in [-0.39, 0.29) is 17.5 Å². The Morgan fingerprint density at radius 2 is 2.24 bits per heavy atom. The molecule has 1 unspecified atom stereocenters. The van der Waals surface area contributed by atoms with E-state index in [4.69, 9.17) is 4.74 Å². The van der Waals surface area contributed by atoms with Crippen molar-refractivity contribution < 1.29 is 17.5 Å². The summed E-state index contributed by atoms with van der Waals surface area (Å²) < 4.78 is 41.0. The Kier molecular flexibility index (Phi) is 3.24. The van der Waals surface area contributed by atoms with E-state index in [1.165, 1.54) is 13.2 Å². The normalized spacial score (nSPS) is 22.4. The Balaban J connectivity index is 2.09. The lowest BCUT2D eigenvalue weighted by Crippen LogP contribution is -2.21. The van der Waals surface area contributed by atoms with E-state index < -0.39 is 15.7 Å². The minimum absolute atomic E-state index is 0.0679. The quantitative estimate of drug-likeness (QED) is 0.892. The number of methoxy groups -OCH3 is 1. The predicted molar refractivity (Wildman–Crippen MR) is 63.6 cm³/mol. The van der Waals surface area contributed by atoms with Crippen LogP contribution in [0, 0.1) is 5.82 Å². The van der Waals surface area contributed by atoms with E-state index >= 15 is 0 Å². The molecule has 0 amide bonds. The highest BCUT2D eigenvalue weighted by Crippen LogP contribution is 2.23. The van der Waals surface area contributed by atoms with Gasteiger partial charge in [0.15, 0.2) is 9.84 Å². The monoisotopic (exact) mass is 259 g/mol. The van der Waals surface area contributed by atoms with Gasteiger partial charge in [-0.1, -0.05) is 0 Å². The van der Waals surface area contributed by atoms with E-state index in [0.29, 0.717) is 17.9 Å². The molecule has 0 spiro atoms. The van der Waals surface area contributed by atoms with Crippen molar-refractivity contribution in [2.75, 3.05) is 23.9 Å². The van der Waals surface area contributed by atoms with Crippen molar-refractivity contribution >= 4 is 15.5 Å². The zero-order valence-electron chi connectivity index (χ0n) is 9.44. The summed E-state index contributed by atoms with van der Waals surface area (Å²) in [7, 11) is -1.49. The first-order valence-electron chi connectivity index (χ1n) is 5.31. The van der Waals surface area contributed by atoms with E-state index in [0.717, 1.165) is 0 Å². The summed E-state index contributed by atoms with van der Waals surface area (Å²) in [6.45, 7) is 0. The number of ether oxygens (including phenoxy) is 1. The lowest BCUT2D eigenvalue weighted by atomic mass is 10.2. The molecule has 1 aliphatic rings. The van der Waals surface area contributed by atoms with Gasteiger partial charge < -0.3 is 10.1 Å². The minimum atomic E-state index is -2.95. The summed E-state index contributed by atoms with van der Waals surface area (Å²) in [5.41, 5.74) is 0.313. The summed E-state index contributed by atoms with van der Waals surface area (Å²) in [4.78, 5) is 0. The van der Waals surface area contributed by atoms with Gasteiger partial charge >= 0.3 is 0 Å². The summed E-state index contributed by atoms with van der Waals surface area (Å²) in [5.74, 6) is 0.238. The molecular formula is C11H14FNO3S. The SMILES string of the molecule is COc1ccc(NC2CCS(=O)(=O)C2)c(F)c1. The minimum Gasteiger partial charge on any atom is -0.497 e. The fourth-order valence-electron chi connectivity index (χ4n) is 1.87. The lowest BCUT2D eigenvalue weighted by Gasteiger charge is -2.13. The van der Waals surface area contributed by atoms with Crippen molar-refractivity contribution in [1.82, 2.24) is 0 Å². The Hall–Kier alpha value is -1.30. The zero-order valence-corrected chi connectivity index (χ0v) is 10.3. The van der Waals surface area contributed by atoms with Crippen LogP contribution in [-0.4, -0.2) is 33.1 Å². The van der Waals surface area contributed by atoms with Crippen LogP contribution in [0.25, 0.3) is 0 Å². The second kappa shape index (κ2) is 4.52. The number of hydrogen-bond donors (Lipinski definition) is 1. The number of rotatable bonds is 3. The lowest BCUT2D eigenvalue weighted by molar-refractivity contribution is 0.411. The Morgan fingerprint density at radius 1 is 1.47 bits per heavy atom. The molecule has 1 aromatic rings. The first-order chi connectivity index (χ1) is 8.00. The van der Waals surface area contributed by atoms with Crippen molar-refractivity contribution in [3.63, 3.8) is 0 Å². The number of sulfone groups is 1. The van der Waals surface area contributed by atoms with Crippen LogP contribution in [0.1, 0.15) is 6.42 Å². The standard InChI is InChI=1S/C11H14FNO3S/c1-16-9-2-3-11(10(12)6-9)13-8-4-5-17(14,15)7-8/h2-3,6,8,13H,4-5,7H2,1H3. The third-order valence-corrected chi connectivity index (χ3v) is 4.54. The third-order valence-electron chi connectivity index (χ3n) is 2.77. The highest BCUT2D eigenvalue weighted by atomic mass is 32.2. The third kappa shape index (κ3) is 2.88. The Bertz CT molecular complexity index is 515. The largest absolute Gasteiger partial charge is 0.497 e. The molecule has 6 heteroatoms. The molecule has 17 heavy (non-hydrogen) atoms. The molecule has 1 saturated heterocycles. The second-order valence-corrected chi connectivity index (χ2v) is 6.32. The molecule has 1 fully saturated rings. The van der Waals surface area contributed by atoms with Gasteiger partial charge in [-0.3, -0.25) is 0 Å². The number of hydrogen-bond acceptors (Lipinski definition) is 4.